The Kier molecular flexibility index (Phi) is 5.29. The average Bonchev–Trinajstić information content (AvgIpc) is 2.47. The van der Waals surface area contributed by atoms with Crippen molar-refractivity contribution in [1.82, 2.24) is 4.72 Å². The lowest BCUT2D eigenvalue weighted by Gasteiger charge is -2.26. The van der Waals surface area contributed by atoms with Gasteiger partial charge in [-0.15, -0.1) is 11.8 Å². The van der Waals surface area contributed by atoms with E-state index in [-0.39, 0.29) is 16.9 Å². The molecule has 0 aromatic heterocycles. The monoisotopic (exact) mass is 329 g/mol. The van der Waals surface area contributed by atoms with Gasteiger partial charge in [0, 0.05) is 10.9 Å². The lowest BCUT2D eigenvalue weighted by Crippen LogP contribution is -2.38. The van der Waals surface area contributed by atoms with E-state index in [9.17, 15) is 13.2 Å². The molecule has 0 aliphatic heterocycles. The number of carboxylic acids is 1. The summed E-state index contributed by atoms with van der Waals surface area (Å²) in [5.74, 6) is -1.13. The number of carbonyl (C=O) groups is 1. The Labute approximate surface area is 129 Å². The van der Waals surface area contributed by atoms with E-state index in [1.54, 1.807) is 18.2 Å². The van der Waals surface area contributed by atoms with Gasteiger partial charge in [-0.05, 0) is 44.1 Å². The van der Waals surface area contributed by atoms with E-state index >= 15 is 0 Å². The third kappa shape index (κ3) is 3.99. The molecule has 1 aromatic rings. The summed E-state index contributed by atoms with van der Waals surface area (Å²) in [6, 6.07) is 6.70. The summed E-state index contributed by atoms with van der Waals surface area (Å²) in [5, 5.41) is 8.96. The Morgan fingerprint density at radius 3 is 2.43 bits per heavy atom. The largest absolute Gasteiger partial charge is 0.481 e. The van der Waals surface area contributed by atoms with Gasteiger partial charge in [0.05, 0.1) is 10.8 Å². The zero-order valence-corrected chi connectivity index (χ0v) is 13.4. The van der Waals surface area contributed by atoms with Gasteiger partial charge >= 0.3 is 5.97 Å². The first kappa shape index (κ1) is 16.3. The van der Waals surface area contributed by atoms with Gasteiger partial charge in [0.25, 0.3) is 0 Å². The number of sulfonamides is 1. The van der Waals surface area contributed by atoms with E-state index in [0.717, 1.165) is 0 Å². The minimum absolute atomic E-state index is 0.180. The summed E-state index contributed by atoms with van der Waals surface area (Å²) in [6.45, 7) is 0. The van der Waals surface area contributed by atoms with Gasteiger partial charge in [0.15, 0.2) is 0 Å². The van der Waals surface area contributed by atoms with Crippen LogP contribution < -0.4 is 4.72 Å². The minimum atomic E-state index is -3.56. The van der Waals surface area contributed by atoms with E-state index in [4.69, 9.17) is 5.11 Å². The highest BCUT2D eigenvalue weighted by Gasteiger charge is 2.29. The highest BCUT2D eigenvalue weighted by atomic mass is 32.2. The molecule has 5 nitrogen and oxygen atoms in total. The molecule has 2 rings (SSSR count). The van der Waals surface area contributed by atoms with Gasteiger partial charge in [-0.1, -0.05) is 12.1 Å². The molecule has 2 N–H and O–H groups in total. The summed E-state index contributed by atoms with van der Waals surface area (Å²) in [7, 11) is -3.56. The van der Waals surface area contributed by atoms with Crippen LogP contribution in [0.1, 0.15) is 25.7 Å². The van der Waals surface area contributed by atoms with Crippen LogP contribution in [-0.2, 0) is 14.8 Å². The number of carboxylic acid groups (broad SMARTS) is 1. The Hall–Kier alpha value is -1.05. The first-order valence-corrected chi connectivity index (χ1v) is 9.53. The van der Waals surface area contributed by atoms with E-state index < -0.39 is 16.0 Å². The molecule has 1 saturated carbocycles. The number of rotatable bonds is 5. The van der Waals surface area contributed by atoms with E-state index in [1.165, 1.54) is 11.8 Å². The molecule has 116 valence electrons. The predicted molar refractivity (Wildman–Crippen MR) is 81.9 cm³/mol. The lowest BCUT2D eigenvalue weighted by molar-refractivity contribution is -0.142. The van der Waals surface area contributed by atoms with Crippen LogP contribution in [0, 0.1) is 5.92 Å². The van der Waals surface area contributed by atoms with Gasteiger partial charge in [0.1, 0.15) is 0 Å². The van der Waals surface area contributed by atoms with Crippen LogP contribution in [0.5, 0.6) is 0 Å². The molecule has 1 aliphatic rings. The molecule has 0 atom stereocenters. The van der Waals surface area contributed by atoms with Gasteiger partial charge < -0.3 is 5.11 Å². The van der Waals surface area contributed by atoms with Crippen LogP contribution >= 0.6 is 11.8 Å². The number of hydrogen-bond acceptors (Lipinski definition) is 4. The Bertz CT molecular complexity index is 607. The molecule has 0 unspecified atom stereocenters. The van der Waals surface area contributed by atoms with Crippen molar-refractivity contribution in [1.29, 1.82) is 0 Å². The molecular weight excluding hydrogens is 310 g/mol. The van der Waals surface area contributed by atoms with E-state index in [0.29, 0.717) is 30.6 Å². The fourth-order valence-corrected chi connectivity index (χ4v) is 5.04. The molecule has 0 amide bonds. The maximum absolute atomic E-state index is 12.5. The lowest BCUT2D eigenvalue weighted by atomic mass is 9.87. The van der Waals surface area contributed by atoms with Crippen LogP contribution in [0.25, 0.3) is 0 Å². The highest BCUT2D eigenvalue weighted by molar-refractivity contribution is 7.99. The van der Waals surface area contributed by atoms with Crippen molar-refractivity contribution in [2.75, 3.05) is 6.26 Å². The van der Waals surface area contributed by atoms with Crippen molar-refractivity contribution in [3.8, 4) is 0 Å². The van der Waals surface area contributed by atoms with Crippen LogP contribution in [0.3, 0.4) is 0 Å². The second-order valence-electron chi connectivity index (χ2n) is 5.16. The summed E-state index contributed by atoms with van der Waals surface area (Å²) < 4.78 is 27.6. The Morgan fingerprint density at radius 1 is 1.24 bits per heavy atom. The quantitative estimate of drug-likeness (QED) is 0.810. The normalized spacial score (nSPS) is 22.9. The van der Waals surface area contributed by atoms with Crippen molar-refractivity contribution in [2.45, 2.75) is 41.5 Å². The van der Waals surface area contributed by atoms with Crippen LogP contribution in [0.15, 0.2) is 34.1 Å². The topological polar surface area (TPSA) is 83.5 Å². The SMILES string of the molecule is CSc1ccccc1S(=O)(=O)NC1CCC(C(=O)O)CC1. The summed E-state index contributed by atoms with van der Waals surface area (Å²) >= 11 is 1.39. The van der Waals surface area contributed by atoms with Crippen molar-refractivity contribution < 1.29 is 18.3 Å². The minimum Gasteiger partial charge on any atom is -0.481 e. The first-order chi connectivity index (χ1) is 9.94. The van der Waals surface area contributed by atoms with Crippen LogP contribution in [-0.4, -0.2) is 31.8 Å². The second kappa shape index (κ2) is 6.81. The molecule has 1 aromatic carbocycles. The maximum Gasteiger partial charge on any atom is 0.306 e. The molecule has 0 spiro atoms. The van der Waals surface area contributed by atoms with Crippen molar-refractivity contribution >= 4 is 27.8 Å². The molecule has 0 saturated heterocycles. The number of benzene rings is 1. The molecule has 7 heteroatoms. The number of nitrogens with one attached hydrogen (secondary N) is 1. The maximum atomic E-state index is 12.5. The van der Waals surface area contributed by atoms with Crippen molar-refractivity contribution in [3.63, 3.8) is 0 Å². The second-order valence-corrected chi connectivity index (χ2v) is 7.69. The number of thioether (sulfide) groups is 1. The zero-order chi connectivity index (χ0) is 15.5. The molecule has 0 heterocycles. The molecule has 1 aliphatic carbocycles. The fraction of sp³-hybridized carbons (Fsp3) is 0.500. The standard InChI is InChI=1S/C14H19NO4S2/c1-20-12-4-2-3-5-13(12)21(18,19)15-11-8-6-10(7-9-11)14(16)17/h2-5,10-11,15H,6-9H2,1H3,(H,16,17). The Balaban J connectivity index is 2.07. The fourth-order valence-electron chi connectivity index (χ4n) is 2.58. The van der Waals surface area contributed by atoms with Crippen molar-refractivity contribution in [2.24, 2.45) is 5.92 Å². The average molecular weight is 329 g/mol. The third-order valence-electron chi connectivity index (χ3n) is 3.76. The van der Waals surface area contributed by atoms with E-state index in [2.05, 4.69) is 4.72 Å². The van der Waals surface area contributed by atoms with Crippen molar-refractivity contribution in [3.05, 3.63) is 24.3 Å². The summed E-state index contributed by atoms with van der Waals surface area (Å²) in [4.78, 5) is 11.9. The van der Waals surface area contributed by atoms with Gasteiger partial charge in [0.2, 0.25) is 10.0 Å². The Morgan fingerprint density at radius 2 is 1.86 bits per heavy atom. The molecule has 0 bridgehead atoms. The molecule has 21 heavy (non-hydrogen) atoms. The smallest absolute Gasteiger partial charge is 0.306 e. The van der Waals surface area contributed by atoms with Gasteiger partial charge in [-0.25, -0.2) is 13.1 Å². The van der Waals surface area contributed by atoms with Crippen LogP contribution in [0.2, 0.25) is 0 Å². The molecular formula is C14H19NO4S2. The van der Waals surface area contributed by atoms with Gasteiger partial charge in [-0.2, -0.15) is 0 Å². The van der Waals surface area contributed by atoms with Crippen LogP contribution in [0.4, 0.5) is 0 Å². The molecule has 1 fully saturated rings. The summed E-state index contributed by atoms with van der Waals surface area (Å²) in [5.41, 5.74) is 0. The third-order valence-corrected chi connectivity index (χ3v) is 6.26. The highest BCUT2D eigenvalue weighted by Crippen LogP contribution is 2.28. The first-order valence-electron chi connectivity index (χ1n) is 6.82. The predicted octanol–water partition coefficient (Wildman–Crippen LogP) is 2.33. The number of aliphatic carboxylic acids is 1. The van der Waals surface area contributed by atoms with Gasteiger partial charge in [-0.3, -0.25) is 4.79 Å². The zero-order valence-electron chi connectivity index (χ0n) is 11.8. The molecule has 0 radical (unpaired) electrons. The summed E-state index contributed by atoms with van der Waals surface area (Å²) in [6.07, 6.45) is 4.01. The van der Waals surface area contributed by atoms with E-state index in [1.807, 2.05) is 12.3 Å². The number of hydrogen-bond donors (Lipinski definition) is 2.